The lowest BCUT2D eigenvalue weighted by molar-refractivity contribution is -0.130. The molecule has 3 rings (SSSR count). The van der Waals surface area contributed by atoms with Crippen LogP contribution in [-0.2, 0) is 20.7 Å². The van der Waals surface area contributed by atoms with Crippen molar-refractivity contribution in [1.29, 1.82) is 0 Å². The molecule has 0 saturated carbocycles. The van der Waals surface area contributed by atoms with E-state index in [1.165, 1.54) is 5.56 Å². The third kappa shape index (κ3) is 3.72. The molecule has 5 heteroatoms. The first kappa shape index (κ1) is 16.0. The van der Waals surface area contributed by atoms with Crippen LogP contribution in [0.4, 0.5) is 0 Å². The van der Waals surface area contributed by atoms with E-state index in [-0.39, 0.29) is 24.0 Å². The Kier molecular flexibility index (Phi) is 4.96. The summed E-state index contributed by atoms with van der Waals surface area (Å²) in [7, 11) is 0. The summed E-state index contributed by atoms with van der Waals surface area (Å²) in [6.07, 6.45) is 2.45. The number of amides is 2. The summed E-state index contributed by atoms with van der Waals surface area (Å²) in [5, 5.41) is 3.05. The average molecular weight is 316 g/mol. The van der Waals surface area contributed by atoms with Crippen LogP contribution in [0.5, 0.6) is 0 Å². The monoisotopic (exact) mass is 316 g/mol. The van der Waals surface area contributed by atoms with E-state index in [4.69, 9.17) is 4.74 Å². The van der Waals surface area contributed by atoms with Gasteiger partial charge < -0.3 is 15.0 Å². The molecule has 2 amide bonds. The Balaban J connectivity index is 1.54. The van der Waals surface area contributed by atoms with Crippen LogP contribution in [0.15, 0.2) is 24.3 Å². The minimum atomic E-state index is -0.158. The summed E-state index contributed by atoms with van der Waals surface area (Å²) in [6.45, 7) is 3.89. The van der Waals surface area contributed by atoms with Crippen LogP contribution in [0.2, 0.25) is 0 Å². The molecule has 124 valence electrons. The predicted octanol–water partition coefficient (Wildman–Crippen LogP) is 1.82. The number of nitrogens with one attached hydrogen (secondary N) is 1. The van der Waals surface area contributed by atoms with Gasteiger partial charge in [-0.2, -0.15) is 0 Å². The Morgan fingerprint density at radius 3 is 3.00 bits per heavy atom. The summed E-state index contributed by atoms with van der Waals surface area (Å²) in [5.74, 6) is 0.161. The fourth-order valence-corrected chi connectivity index (χ4v) is 3.43. The molecule has 0 spiro atoms. The summed E-state index contributed by atoms with van der Waals surface area (Å²) >= 11 is 0. The van der Waals surface area contributed by atoms with E-state index in [9.17, 15) is 9.59 Å². The van der Waals surface area contributed by atoms with Crippen molar-refractivity contribution in [1.82, 2.24) is 10.2 Å². The van der Waals surface area contributed by atoms with Crippen LogP contribution in [0.25, 0.3) is 0 Å². The number of likely N-dealkylation sites (tertiary alicyclic amines) is 1. The molecule has 0 radical (unpaired) electrons. The molecule has 1 saturated heterocycles. The Morgan fingerprint density at radius 1 is 1.35 bits per heavy atom. The number of carbonyl (C=O) groups is 2. The molecule has 1 fully saturated rings. The second-order valence-corrected chi connectivity index (χ2v) is 6.26. The Labute approximate surface area is 137 Å². The summed E-state index contributed by atoms with van der Waals surface area (Å²) in [4.78, 5) is 25.9. The van der Waals surface area contributed by atoms with Crippen molar-refractivity contribution in [3.05, 3.63) is 35.4 Å². The van der Waals surface area contributed by atoms with Crippen molar-refractivity contribution in [2.75, 3.05) is 19.7 Å². The van der Waals surface area contributed by atoms with Crippen molar-refractivity contribution in [3.8, 4) is 0 Å². The highest BCUT2D eigenvalue weighted by Gasteiger charge is 2.28. The average Bonchev–Trinajstić information content (AvgIpc) is 3.03. The molecule has 2 aliphatic heterocycles. The van der Waals surface area contributed by atoms with Crippen molar-refractivity contribution in [2.45, 2.75) is 44.8 Å². The van der Waals surface area contributed by atoms with Gasteiger partial charge >= 0.3 is 0 Å². The zero-order valence-corrected chi connectivity index (χ0v) is 13.6. The van der Waals surface area contributed by atoms with E-state index in [2.05, 4.69) is 11.4 Å². The summed E-state index contributed by atoms with van der Waals surface area (Å²) in [5.41, 5.74) is 2.40. The first-order valence-corrected chi connectivity index (χ1v) is 8.44. The van der Waals surface area contributed by atoms with E-state index < -0.39 is 0 Å². The molecular formula is C18H24N2O3. The number of ether oxygens (including phenoxy) is 1. The molecule has 1 N–H and O–H groups in total. The van der Waals surface area contributed by atoms with Crippen LogP contribution < -0.4 is 5.32 Å². The molecule has 5 nitrogen and oxygen atoms in total. The van der Waals surface area contributed by atoms with E-state index in [0.29, 0.717) is 26.0 Å². The van der Waals surface area contributed by atoms with Crippen molar-refractivity contribution in [3.63, 3.8) is 0 Å². The number of rotatable bonds is 4. The van der Waals surface area contributed by atoms with Crippen LogP contribution >= 0.6 is 0 Å². The molecule has 0 aromatic heterocycles. The number of fused-ring (bicyclic) bond motifs is 1. The van der Waals surface area contributed by atoms with Gasteiger partial charge in [-0.05, 0) is 24.0 Å². The quantitative estimate of drug-likeness (QED) is 0.922. The standard InChI is InChI=1S/C18H24N2O3/c1-2-18(22)20-9-7-14(12-20)19-17(21)11-16-15-6-4-3-5-13(15)8-10-23-16/h3-6,14,16H,2,7-12H2,1H3,(H,19,21)/t14-,16+/m0/s1. The highest BCUT2D eigenvalue weighted by Crippen LogP contribution is 2.29. The molecular weight excluding hydrogens is 292 g/mol. The Morgan fingerprint density at radius 2 is 2.17 bits per heavy atom. The van der Waals surface area contributed by atoms with Crippen molar-refractivity contribution >= 4 is 11.8 Å². The zero-order chi connectivity index (χ0) is 16.2. The zero-order valence-electron chi connectivity index (χ0n) is 13.6. The van der Waals surface area contributed by atoms with Gasteiger partial charge in [0.1, 0.15) is 0 Å². The van der Waals surface area contributed by atoms with Gasteiger partial charge in [0, 0.05) is 25.6 Å². The van der Waals surface area contributed by atoms with Crippen LogP contribution in [0, 0.1) is 0 Å². The Bertz CT molecular complexity index is 587. The van der Waals surface area contributed by atoms with Crippen LogP contribution in [0.1, 0.15) is 43.4 Å². The SMILES string of the molecule is CCC(=O)N1CC[C@H](NC(=O)C[C@H]2OCCc3ccccc32)C1. The number of nitrogens with zero attached hydrogens (tertiary/aromatic N) is 1. The fraction of sp³-hybridized carbons (Fsp3) is 0.556. The van der Waals surface area contributed by atoms with E-state index in [0.717, 1.165) is 24.9 Å². The Hall–Kier alpha value is -1.88. The molecule has 23 heavy (non-hydrogen) atoms. The van der Waals surface area contributed by atoms with Crippen molar-refractivity contribution < 1.29 is 14.3 Å². The lowest BCUT2D eigenvalue weighted by Gasteiger charge is -2.26. The maximum Gasteiger partial charge on any atom is 0.223 e. The molecule has 2 aliphatic rings. The number of hydrogen-bond donors (Lipinski definition) is 1. The van der Waals surface area contributed by atoms with Gasteiger partial charge in [0.05, 0.1) is 19.1 Å². The van der Waals surface area contributed by atoms with Gasteiger partial charge in [0.25, 0.3) is 0 Å². The second kappa shape index (κ2) is 7.13. The van der Waals surface area contributed by atoms with Gasteiger partial charge in [-0.1, -0.05) is 31.2 Å². The topological polar surface area (TPSA) is 58.6 Å². The maximum atomic E-state index is 12.3. The minimum absolute atomic E-state index is 0.00232. The lowest BCUT2D eigenvalue weighted by atomic mass is 9.95. The second-order valence-electron chi connectivity index (χ2n) is 6.26. The van der Waals surface area contributed by atoms with Gasteiger partial charge in [-0.25, -0.2) is 0 Å². The molecule has 1 aromatic carbocycles. The molecule has 0 aliphatic carbocycles. The van der Waals surface area contributed by atoms with Gasteiger partial charge in [-0.15, -0.1) is 0 Å². The molecule has 2 atom stereocenters. The first-order chi connectivity index (χ1) is 11.2. The predicted molar refractivity (Wildman–Crippen MR) is 86.9 cm³/mol. The van der Waals surface area contributed by atoms with E-state index in [1.807, 2.05) is 30.0 Å². The van der Waals surface area contributed by atoms with Crippen molar-refractivity contribution in [2.24, 2.45) is 0 Å². The van der Waals surface area contributed by atoms with Gasteiger partial charge in [0.2, 0.25) is 11.8 Å². The normalized spacial score (nSPS) is 23.4. The molecule has 2 heterocycles. The first-order valence-electron chi connectivity index (χ1n) is 8.44. The summed E-state index contributed by atoms with van der Waals surface area (Å²) in [6, 6.07) is 8.23. The molecule has 0 bridgehead atoms. The number of benzene rings is 1. The smallest absolute Gasteiger partial charge is 0.223 e. The van der Waals surface area contributed by atoms with Crippen LogP contribution in [0.3, 0.4) is 0 Å². The van der Waals surface area contributed by atoms with Gasteiger partial charge in [-0.3, -0.25) is 9.59 Å². The molecule has 1 aromatic rings. The van der Waals surface area contributed by atoms with Crippen LogP contribution in [-0.4, -0.2) is 42.5 Å². The third-order valence-electron chi connectivity index (χ3n) is 4.67. The maximum absolute atomic E-state index is 12.3. The minimum Gasteiger partial charge on any atom is -0.373 e. The lowest BCUT2D eigenvalue weighted by Crippen LogP contribution is -2.39. The highest BCUT2D eigenvalue weighted by molar-refractivity contribution is 5.78. The fourth-order valence-electron chi connectivity index (χ4n) is 3.43. The largest absolute Gasteiger partial charge is 0.373 e. The van der Waals surface area contributed by atoms with Gasteiger partial charge in [0.15, 0.2) is 0 Å². The third-order valence-corrected chi connectivity index (χ3v) is 4.67. The van der Waals surface area contributed by atoms with E-state index >= 15 is 0 Å². The number of carbonyl (C=O) groups excluding carboxylic acids is 2. The van der Waals surface area contributed by atoms with E-state index in [1.54, 1.807) is 0 Å². The number of hydrogen-bond acceptors (Lipinski definition) is 3. The highest BCUT2D eigenvalue weighted by atomic mass is 16.5. The summed E-state index contributed by atoms with van der Waals surface area (Å²) < 4.78 is 5.79. The molecule has 0 unspecified atom stereocenters.